The minimum atomic E-state index is -0.343. The van der Waals surface area contributed by atoms with Gasteiger partial charge in [-0.05, 0) is 11.6 Å². The van der Waals surface area contributed by atoms with Crippen molar-refractivity contribution >= 4 is 0 Å². The topological polar surface area (TPSA) is 56.5 Å². The van der Waals surface area contributed by atoms with Crippen LogP contribution in [0.25, 0.3) is 0 Å². The standard InChI is InChI=1S/C15H16N2O2/c16-10-15-12-17(7-9-19-15)11-14-5-2-1-4-13(14)6-3-8-18/h1-2,4-5,15,18H,7-9,11-12H2. The molecule has 1 aromatic rings. The van der Waals surface area contributed by atoms with E-state index >= 15 is 0 Å². The maximum absolute atomic E-state index is 8.89. The van der Waals surface area contributed by atoms with Crippen molar-refractivity contribution in [1.82, 2.24) is 4.90 Å². The summed E-state index contributed by atoms with van der Waals surface area (Å²) in [6.45, 7) is 2.64. The third kappa shape index (κ3) is 3.81. The number of benzene rings is 1. The maximum Gasteiger partial charge on any atom is 0.156 e. The molecule has 1 fully saturated rings. The Balaban J connectivity index is 2.08. The summed E-state index contributed by atoms with van der Waals surface area (Å²) in [5, 5.41) is 17.7. The van der Waals surface area contributed by atoms with E-state index < -0.39 is 0 Å². The predicted octanol–water partition coefficient (Wildman–Crippen LogP) is 0.755. The van der Waals surface area contributed by atoms with E-state index in [4.69, 9.17) is 15.1 Å². The second-order valence-corrected chi connectivity index (χ2v) is 4.34. The van der Waals surface area contributed by atoms with Crippen molar-refractivity contribution < 1.29 is 9.84 Å². The van der Waals surface area contributed by atoms with Gasteiger partial charge in [-0.15, -0.1) is 0 Å². The Morgan fingerprint density at radius 3 is 3.05 bits per heavy atom. The monoisotopic (exact) mass is 256 g/mol. The fourth-order valence-corrected chi connectivity index (χ4v) is 2.08. The quantitative estimate of drug-likeness (QED) is 0.794. The Kier molecular flexibility index (Phi) is 4.94. The molecule has 1 N–H and O–H groups in total. The third-order valence-corrected chi connectivity index (χ3v) is 3.01. The highest BCUT2D eigenvalue weighted by molar-refractivity contribution is 5.41. The molecule has 1 aliphatic rings. The molecule has 4 heteroatoms. The van der Waals surface area contributed by atoms with Gasteiger partial charge in [0, 0.05) is 25.2 Å². The van der Waals surface area contributed by atoms with Crippen LogP contribution in [0.5, 0.6) is 0 Å². The fourth-order valence-electron chi connectivity index (χ4n) is 2.08. The highest BCUT2D eigenvalue weighted by atomic mass is 16.5. The zero-order valence-corrected chi connectivity index (χ0v) is 10.7. The van der Waals surface area contributed by atoms with Crippen molar-refractivity contribution in [1.29, 1.82) is 5.26 Å². The van der Waals surface area contributed by atoms with Gasteiger partial charge in [-0.1, -0.05) is 30.0 Å². The summed E-state index contributed by atoms with van der Waals surface area (Å²) in [6, 6.07) is 10.0. The van der Waals surface area contributed by atoms with Crippen molar-refractivity contribution in [2.75, 3.05) is 26.3 Å². The average molecular weight is 256 g/mol. The van der Waals surface area contributed by atoms with Gasteiger partial charge in [0.05, 0.1) is 12.7 Å². The zero-order valence-electron chi connectivity index (χ0n) is 10.7. The van der Waals surface area contributed by atoms with E-state index in [1.807, 2.05) is 24.3 Å². The Morgan fingerprint density at radius 2 is 2.26 bits per heavy atom. The molecule has 4 nitrogen and oxygen atoms in total. The smallest absolute Gasteiger partial charge is 0.156 e. The summed E-state index contributed by atoms with van der Waals surface area (Å²) in [4.78, 5) is 2.19. The molecule has 98 valence electrons. The molecular weight excluding hydrogens is 240 g/mol. The van der Waals surface area contributed by atoms with Crippen LogP contribution >= 0.6 is 0 Å². The molecular formula is C15H16N2O2. The van der Waals surface area contributed by atoms with E-state index in [0.29, 0.717) is 13.2 Å². The first kappa shape index (κ1) is 13.6. The number of hydrogen-bond acceptors (Lipinski definition) is 4. The molecule has 0 bridgehead atoms. The third-order valence-electron chi connectivity index (χ3n) is 3.01. The lowest BCUT2D eigenvalue weighted by atomic mass is 10.1. The van der Waals surface area contributed by atoms with Crippen molar-refractivity contribution in [3.05, 3.63) is 35.4 Å². The normalized spacial score (nSPS) is 19.3. The van der Waals surface area contributed by atoms with Crippen molar-refractivity contribution in [2.45, 2.75) is 12.6 Å². The molecule has 0 aromatic heterocycles. The highest BCUT2D eigenvalue weighted by Crippen LogP contribution is 2.13. The van der Waals surface area contributed by atoms with Gasteiger partial charge in [-0.3, -0.25) is 4.90 Å². The fraction of sp³-hybridized carbons (Fsp3) is 0.400. The van der Waals surface area contributed by atoms with Gasteiger partial charge in [-0.25, -0.2) is 0 Å². The Labute approximate surface area is 113 Å². The maximum atomic E-state index is 8.89. The minimum absolute atomic E-state index is 0.137. The Hall–Kier alpha value is -1.85. The van der Waals surface area contributed by atoms with Crippen LogP contribution in [-0.2, 0) is 11.3 Å². The number of nitrogens with zero attached hydrogens (tertiary/aromatic N) is 2. The van der Waals surface area contributed by atoms with Crippen LogP contribution in [0.1, 0.15) is 11.1 Å². The largest absolute Gasteiger partial charge is 0.384 e. The molecule has 0 spiro atoms. The van der Waals surface area contributed by atoms with E-state index in [1.54, 1.807) is 0 Å². The van der Waals surface area contributed by atoms with Gasteiger partial charge in [0.2, 0.25) is 0 Å². The van der Waals surface area contributed by atoms with E-state index in [2.05, 4.69) is 22.8 Å². The second-order valence-electron chi connectivity index (χ2n) is 4.34. The molecule has 0 amide bonds. The first-order chi connectivity index (χ1) is 9.33. The molecule has 1 unspecified atom stereocenters. The van der Waals surface area contributed by atoms with E-state index in [0.717, 1.165) is 24.2 Å². The second kappa shape index (κ2) is 6.92. The van der Waals surface area contributed by atoms with Gasteiger partial charge < -0.3 is 9.84 Å². The number of aliphatic hydroxyl groups excluding tert-OH is 1. The van der Waals surface area contributed by atoms with Gasteiger partial charge in [0.25, 0.3) is 0 Å². The molecule has 0 radical (unpaired) electrons. The molecule has 0 saturated carbocycles. The van der Waals surface area contributed by atoms with Crippen LogP contribution < -0.4 is 0 Å². The van der Waals surface area contributed by atoms with Gasteiger partial charge >= 0.3 is 0 Å². The first-order valence-corrected chi connectivity index (χ1v) is 6.24. The Bertz CT molecular complexity index is 525. The van der Waals surface area contributed by atoms with Gasteiger partial charge in [0.15, 0.2) is 6.10 Å². The van der Waals surface area contributed by atoms with Crippen LogP contribution in [0, 0.1) is 23.2 Å². The number of nitriles is 1. The number of rotatable bonds is 2. The van der Waals surface area contributed by atoms with Gasteiger partial charge in [0.1, 0.15) is 6.61 Å². The Morgan fingerprint density at radius 1 is 1.42 bits per heavy atom. The van der Waals surface area contributed by atoms with Crippen LogP contribution in [0.15, 0.2) is 24.3 Å². The summed E-state index contributed by atoms with van der Waals surface area (Å²) in [6.07, 6.45) is -0.343. The van der Waals surface area contributed by atoms with Gasteiger partial charge in [-0.2, -0.15) is 5.26 Å². The molecule has 1 atom stereocenters. The predicted molar refractivity (Wildman–Crippen MR) is 71.0 cm³/mol. The lowest BCUT2D eigenvalue weighted by molar-refractivity contribution is -0.00271. The van der Waals surface area contributed by atoms with Crippen LogP contribution in [0.4, 0.5) is 0 Å². The zero-order chi connectivity index (χ0) is 13.5. The minimum Gasteiger partial charge on any atom is -0.384 e. The van der Waals surface area contributed by atoms with E-state index in [9.17, 15) is 0 Å². The molecule has 1 saturated heterocycles. The first-order valence-electron chi connectivity index (χ1n) is 6.24. The van der Waals surface area contributed by atoms with Crippen molar-refractivity contribution in [3.63, 3.8) is 0 Å². The lowest BCUT2D eigenvalue weighted by Crippen LogP contribution is -2.41. The summed E-state index contributed by atoms with van der Waals surface area (Å²) >= 11 is 0. The lowest BCUT2D eigenvalue weighted by Gasteiger charge is -2.29. The summed E-state index contributed by atoms with van der Waals surface area (Å²) in [7, 11) is 0. The number of hydrogen-bond donors (Lipinski definition) is 1. The van der Waals surface area contributed by atoms with Crippen molar-refractivity contribution in [2.24, 2.45) is 0 Å². The summed E-state index contributed by atoms with van der Waals surface area (Å²) in [5.74, 6) is 5.63. The number of aliphatic hydroxyl groups is 1. The van der Waals surface area contributed by atoms with Crippen LogP contribution in [0.3, 0.4) is 0 Å². The molecule has 2 rings (SSSR count). The molecule has 1 heterocycles. The van der Waals surface area contributed by atoms with E-state index in [1.165, 1.54) is 0 Å². The highest BCUT2D eigenvalue weighted by Gasteiger charge is 2.20. The molecule has 0 aliphatic carbocycles. The average Bonchev–Trinajstić information content (AvgIpc) is 2.46. The van der Waals surface area contributed by atoms with Crippen molar-refractivity contribution in [3.8, 4) is 17.9 Å². The number of morpholine rings is 1. The van der Waals surface area contributed by atoms with Crippen LogP contribution in [-0.4, -0.2) is 42.4 Å². The SMILES string of the molecule is N#CC1CN(Cc2ccccc2C#CCO)CCO1. The number of ether oxygens (including phenoxy) is 1. The van der Waals surface area contributed by atoms with E-state index in [-0.39, 0.29) is 12.7 Å². The molecule has 19 heavy (non-hydrogen) atoms. The summed E-state index contributed by atoms with van der Waals surface area (Å²) in [5.41, 5.74) is 2.04. The van der Waals surface area contributed by atoms with Crippen LogP contribution in [0.2, 0.25) is 0 Å². The summed E-state index contributed by atoms with van der Waals surface area (Å²) < 4.78 is 5.33. The molecule has 1 aromatic carbocycles. The molecule has 1 aliphatic heterocycles.